The monoisotopic (exact) mass is 319 g/mol. The molecule has 0 unspecified atom stereocenters. The Morgan fingerprint density at radius 2 is 1.83 bits per heavy atom. The predicted molar refractivity (Wildman–Crippen MR) is 92.6 cm³/mol. The van der Waals surface area contributed by atoms with Crippen molar-refractivity contribution in [3.8, 4) is 5.75 Å². The standard InChI is InChI=1S/C18H29N3O2/c1-15(2)13-20-8-10-21(11-9-20)14-18(22)19-12-16-6-4-5-7-17(16)23-3/h4-7,15H,8-14H2,1-3H3,(H,19,22). The van der Waals surface area contributed by atoms with Crippen LogP contribution in [0.2, 0.25) is 0 Å². The lowest BCUT2D eigenvalue weighted by atomic mass is 10.2. The van der Waals surface area contributed by atoms with Crippen molar-refractivity contribution in [3.63, 3.8) is 0 Å². The first kappa shape index (κ1) is 17.8. The third-order valence-electron chi connectivity index (χ3n) is 4.12. The number of rotatable bonds is 7. The number of piperazine rings is 1. The zero-order chi connectivity index (χ0) is 16.7. The summed E-state index contributed by atoms with van der Waals surface area (Å²) in [6.07, 6.45) is 0. The Morgan fingerprint density at radius 1 is 1.17 bits per heavy atom. The summed E-state index contributed by atoms with van der Waals surface area (Å²) in [6.45, 7) is 10.7. The van der Waals surface area contributed by atoms with Crippen LogP contribution in [0.1, 0.15) is 19.4 Å². The van der Waals surface area contributed by atoms with Crippen molar-refractivity contribution in [1.82, 2.24) is 15.1 Å². The highest BCUT2D eigenvalue weighted by Crippen LogP contribution is 2.16. The van der Waals surface area contributed by atoms with E-state index in [4.69, 9.17) is 4.74 Å². The van der Waals surface area contributed by atoms with E-state index in [9.17, 15) is 4.79 Å². The Kier molecular flexibility index (Phi) is 6.86. The molecule has 1 aromatic carbocycles. The van der Waals surface area contributed by atoms with Crippen molar-refractivity contribution in [2.24, 2.45) is 5.92 Å². The van der Waals surface area contributed by atoms with Gasteiger partial charge in [-0.1, -0.05) is 32.0 Å². The van der Waals surface area contributed by atoms with E-state index in [2.05, 4.69) is 29.0 Å². The average Bonchev–Trinajstić information content (AvgIpc) is 2.54. The summed E-state index contributed by atoms with van der Waals surface area (Å²) < 4.78 is 5.30. The number of amides is 1. The zero-order valence-corrected chi connectivity index (χ0v) is 14.5. The third-order valence-corrected chi connectivity index (χ3v) is 4.12. The lowest BCUT2D eigenvalue weighted by Crippen LogP contribution is -2.50. The fourth-order valence-electron chi connectivity index (χ4n) is 2.95. The van der Waals surface area contributed by atoms with Gasteiger partial charge in [0.1, 0.15) is 5.75 Å². The number of carbonyl (C=O) groups is 1. The van der Waals surface area contributed by atoms with Gasteiger partial charge < -0.3 is 15.0 Å². The van der Waals surface area contributed by atoms with Gasteiger partial charge in [0.15, 0.2) is 0 Å². The topological polar surface area (TPSA) is 44.8 Å². The van der Waals surface area contributed by atoms with E-state index in [-0.39, 0.29) is 5.91 Å². The van der Waals surface area contributed by atoms with Gasteiger partial charge in [0.2, 0.25) is 5.91 Å². The molecular weight excluding hydrogens is 290 g/mol. The molecule has 0 aromatic heterocycles. The van der Waals surface area contributed by atoms with Crippen molar-refractivity contribution in [1.29, 1.82) is 0 Å². The van der Waals surface area contributed by atoms with Gasteiger partial charge in [0.25, 0.3) is 0 Å². The van der Waals surface area contributed by atoms with Gasteiger partial charge in [-0.15, -0.1) is 0 Å². The van der Waals surface area contributed by atoms with Crippen molar-refractivity contribution in [3.05, 3.63) is 29.8 Å². The summed E-state index contributed by atoms with van der Waals surface area (Å²) in [5.41, 5.74) is 1.00. The number of hydrogen-bond donors (Lipinski definition) is 1. The molecule has 1 fully saturated rings. The Morgan fingerprint density at radius 3 is 2.48 bits per heavy atom. The van der Waals surface area contributed by atoms with Crippen molar-refractivity contribution >= 4 is 5.91 Å². The lowest BCUT2D eigenvalue weighted by molar-refractivity contribution is -0.122. The van der Waals surface area contributed by atoms with Crippen molar-refractivity contribution in [2.75, 3.05) is 46.4 Å². The molecule has 1 aliphatic heterocycles. The molecule has 2 rings (SSSR count). The van der Waals surface area contributed by atoms with Gasteiger partial charge >= 0.3 is 0 Å². The smallest absolute Gasteiger partial charge is 0.234 e. The molecule has 23 heavy (non-hydrogen) atoms. The van der Waals surface area contributed by atoms with Crippen LogP contribution in [0.4, 0.5) is 0 Å². The number of para-hydroxylation sites is 1. The van der Waals surface area contributed by atoms with Crippen LogP contribution in [0.3, 0.4) is 0 Å². The number of carbonyl (C=O) groups excluding carboxylic acids is 1. The highest BCUT2D eigenvalue weighted by atomic mass is 16.5. The van der Waals surface area contributed by atoms with E-state index < -0.39 is 0 Å². The third kappa shape index (κ3) is 5.84. The van der Waals surface area contributed by atoms with Crippen LogP contribution in [0, 0.1) is 5.92 Å². The first-order chi connectivity index (χ1) is 11.1. The quantitative estimate of drug-likeness (QED) is 0.829. The van der Waals surface area contributed by atoms with Gasteiger partial charge in [-0.05, 0) is 12.0 Å². The normalized spacial score (nSPS) is 16.5. The Hall–Kier alpha value is -1.59. The maximum atomic E-state index is 12.1. The van der Waals surface area contributed by atoms with E-state index in [0.29, 0.717) is 19.0 Å². The van der Waals surface area contributed by atoms with E-state index >= 15 is 0 Å². The molecule has 1 saturated heterocycles. The molecule has 1 aromatic rings. The second kappa shape index (κ2) is 8.89. The van der Waals surface area contributed by atoms with Crippen molar-refractivity contribution in [2.45, 2.75) is 20.4 Å². The lowest BCUT2D eigenvalue weighted by Gasteiger charge is -2.35. The number of nitrogens with zero attached hydrogens (tertiary/aromatic N) is 2. The van der Waals surface area contributed by atoms with Gasteiger partial charge in [0, 0.05) is 44.8 Å². The molecule has 0 radical (unpaired) electrons. The highest BCUT2D eigenvalue weighted by Gasteiger charge is 2.19. The maximum Gasteiger partial charge on any atom is 0.234 e. The molecule has 0 aliphatic carbocycles. The predicted octanol–water partition coefficient (Wildman–Crippen LogP) is 1.58. The molecule has 1 aliphatic rings. The van der Waals surface area contributed by atoms with Gasteiger partial charge in [-0.25, -0.2) is 0 Å². The Labute approximate surface area is 139 Å². The molecule has 0 atom stereocenters. The Bertz CT molecular complexity index is 497. The van der Waals surface area contributed by atoms with Crippen molar-refractivity contribution < 1.29 is 9.53 Å². The number of hydrogen-bond acceptors (Lipinski definition) is 4. The summed E-state index contributed by atoms with van der Waals surface area (Å²) in [7, 11) is 1.65. The molecule has 0 saturated carbocycles. The van der Waals surface area contributed by atoms with E-state index in [1.54, 1.807) is 7.11 Å². The second-order valence-corrected chi connectivity index (χ2v) is 6.56. The molecule has 1 heterocycles. The van der Waals surface area contributed by atoms with Gasteiger partial charge in [0.05, 0.1) is 13.7 Å². The van der Waals surface area contributed by atoms with Crippen LogP contribution >= 0.6 is 0 Å². The molecule has 0 bridgehead atoms. The molecule has 1 N–H and O–H groups in total. The van der Waals surface area contributed by atoms with Crippen LogP contribution in [-0.2, 0) is 11.3 Å². The first-order valence-corrected chi connectivity index (χ1v) is 8.41. The highest BCUT2D eigenvalue weighted by molar-refractivity contribution is 5.78. The second-order valence-electron chi connectivity index (χ2n) is 6.56. The molecule has 5 heteroatoms. The van der Waals surface area contributed by atoms with E-state index in [1.165, 1.54) is 0 Å². The average molecular weight is 319 g/mol. The van der Waals surface area contributed by atoms with Gasteiger partial charge in [-0.3, -0.25) is 9.69 Å². The fraction of sp³-hybridized carbons (Fsp3) is 0.611. The molecular formula is C18H29N3O2. The van der Waals surface area contributed by atoms with E-state index in [0.717, 1.165) is 44.0 Å². The maximum absolute atomic E-state index is 12.1. The minimum Gasteiger partial charge on any atom is -0.496 e. The molecule has 128 valence electrons. The number of methoxy groups -OCH3 is 1. The number of nitrogens with one attached hydrogen (secondary N) is 1. The molecule has 5 nitrogen and oxygen atoms in total. The van der Waals surface area contributed by atoms with Crippen LogP contribution in [0.15, 0.2) is 24.3 Å². The first-order valence-electron chi connectivity index (χ1n) is 8.41. The minimum atomic E-state index is 0.0771. The fourth-order valence-corrected chi connectivity index (χ4v) is 2.95. The summed E-state index contributed by atoms with van der Waals surface area (Å²) in [5.74, 6) is 1.59. The summed E-state index contributed by atoms with van der Waals surface area (Å²) in [4.78, 5) is 16.8. The van der Waals surface area contributed by atoms with Crippen LogP contribution in [0.25, 0.3) is 0 Å². The Balaban J connectivity index is 1.71. The summed E-state index contributed by atoms with van der Waals surface area (Å²) >= 11 is 0. The minimum absolute atomic E-state index is 0.0771. The van der Waals surface area contributed by atoms with Crippen LogP contribution in [-0.4, -0.2) is 62.1 Å². The SMILES string of the molecule is COc1ccccc1CNC(=O)CN1CCN(CC(C)C)CC1. The van der Waals surface area contributed by atoms with Gasteiger partial charge in [-0.2, -0.15) is 0 Å². The number of ether oxygens (including phenoxy) is 1. The summed E-state index contributed by atoms with van der Waals surface area (Å²) in [6, 6.07) is 7.78. The van der Waals surface area contributed by atoms with E-state index in [1.807, 2.05) is 24.3 Å². The summed E-state index contributed by atoms with van der Waals surface area (Å²) in [5, 5.41) is 2.99. The molecule has 0 spiro atoms. The number of benzene rings is 1. The van der Waals surface area contributed by atoms with Crippen LogP contribution in [0.5, 0.6) is 5.75 Å². The van der Waals surface area contributed by atoms with Crippen LogP contribution < -0.4 is 10.1 Å². The zero-order valence-electron chi connectivity index (χ0n) is 14.5. The largest absolute Gasteiger partial charge is 0.496 e. The molecule has 1 amide bonds.